The molecule has 0 aromatic heterocycles. The van der Waals surface area contributed by atoms with Crippen LogP contribution in [0.4, 0.5) is 0 Å². The van der Waals surface area contributed by atoms with Gasteiger partial charge in [-0.1, -0.05) is 306 Å². The number of carbonyl (C=O) groups is 4. The van der Waals surface area contributed by atoms with Crippen LogP contribution >= 0.6 is 15.6 Å². The molecule has 0 saturated carbocycles. The second kappa shape index (κ2) is 61.6. The standard InChI is InChI=1S/C72H140O17P2/c1-9-64(7)50-42-34-28-30-37-45-53-70(75)83-59-68(89-72(77)55-47-39-31-29-35-43-51-65(8)10-2)61-87-91(80,81)85-57-66(73)56-84-90(78,79)86-60-67(58-82-69(74)52-44-36-26-22-19-15-17-21-25-33-41-49-63(5)6)88-71(76)54-46-38-27-23-18-14-12-11-13-16-20-24-32-40-48-62(3)4/h62-68,73H,9-61H2,1-8H3,(H,78,79)(H,80,81)/t64?,65?,66-,67-,68-/m1/s1. The van der Waals surface area contributed by atoms with Crippen LogP contribution in [-0.4, -0.2) is 96.7 Å². The van der Waals surface area contributed by atoms with Crippen LogP contribution in [0.5, 0.6) is 0 Å². The largest absolute Gasteiger partial charge is 0.472 e. The lowest BCUT2D eigenvalue weighted by molar-refractivity contribution is -0.161. The highest BCUT2D eigenvalue weighted by atomic mass is 31.2. The monoisotopic (exact) mass is 1340 g/mol. The molecule has 0 amide bonds. The smallest absolute Gasteiger partial charge is 0.462 e. The van der Waals surface area contributed by atoms with Crippen LogP contribution in [0, 0.1) is 23.7 Å². The fourth-order valence-electron chi connectivity index (χ4n) is 10.8. The Morgan fingerprint density at radius 3 is 0.780 bits per heavy atom. The van der Waals surface area contributed by atoms with Gasteiger partial charge in [-0.2, -0.15) is 0 Å². The van der Waals surface area contributed by atoms with Crippen LogP contribution < -0.4 is 0 Å². The Morgan fingerprint density at radius 1 is 0.308 bits per heavy atom. The molecule has 4 unspecified atom stereocenters. The molecule has 0 aliphatic heterocycles. The van der Waals surface area contributed by atoms with Crippen molar-refractivity contribution in [1.82, 2.24) is 0 Å². The number of aliphatic hydroxyl groups excluding tert-OH is 1. The molecule has 91 heavy (non-hydrogen) atoms. The molecule has 3 N–H and O–H groups in total. The third-order valence-electron chi connectivity index (χ3n) is 17.3. The number of phosphoric acid groups is 2. The lowest BCUT2D eigenvalue weighted by atomic mass is 10.00. The van der Waals surface area contributed by atoms with Crippen molar-refractivity contribution in [3.05, 3.63) is 0 Å². The first kappa shape index (κ1) is 89.1. The van der Waals surface area contributed by atoms with Crippen molar-refractivity contribution in [1.29, 1.82) is 0 Å². The van der Waals surface area contributed by atoms with Crippen molar-refractivity contribution >= 4 is 39.5 Å². The molecule has 19 heteroatoms. The number of aliphatic hydroxyl groups is 1. The Bertz CT molecular complexity index is 1800. The van der Waals surface area contributed by atoms with Gasteiger partial charge in [0.05, 0.1) is 26.4 Å². The van der Waals surface area contributed by atoms with Crippen molar-refractivity contribution in [2.45, 2.75) is 375 Å². The molecular formula is C72H140O17P2. The second-order valence-corrected chi connectivity index (χ2v) is 30.3. The fourth-order valence-corrected chi connectivity index (χ4v) is 12.4. The van der Waals surface area contributed by atoms with E-state index in [0.717, 1.165) is 120 Å². The van der Waals surface area contributed by atoms with Crippen molar-refractivity contribution in [2.24, 2.45) is 23.7 Å². The summed E-state index contributed by atoms with van der Waals surface area (Å²) in [6.45, 7) is 14.1. The van der Waals surface area contributed by atoms with Gasteiger partial charge in [0.15, 0.2) is 12.2 Å². The number of unbranched alkanes of at least 4 members (excludes halogenated alkanes) is 33. The lowest BCUT2D eigenvalue weighted by Crippen LogP contribution is -2.30. The van der Waals surface area contributed by atoms with Gasteiger partial charge in [-0.3, -0.25) is 37.3 Å². The lowest BCUT2D eigenvalue weighted by Gasteiger charge is -2.21. The van der Waals surface area contributed by atoms with E-state index >= 15 is 0 Å². The molecule has 0 saturated heterocycles. The second-order valence-electron chi connectivity index (χ2n) is 27.4. The van der Waals surface area contributed by atoms with Crippen molar-refractivity contribution in [2.75, 3.05) is 39.6 Å². The first-order valence-corrected chi connectivity index (χ1v) is 40.3. The van der Waals surface area contributed by atoms with Crippen molar-refractivity contribution in [3.8, 4) is 0 Å². The summed E-state index contributed by atoms with van der Waals surface area (Å²) in [6, 6.07) is 0. The Hall–Kier alpha value is -1.94. The van der Waals surface area contributed by atoms with Gasteiger partial charge in [0.1, 0.15) is 19.3 Å². The highest BCUT2D eigenvalue weighted by Gasteiger charge is 2.30. The summed E-state index contributed by atoms with van der Waals surface area (Å²) in [5.41, 5.74) is 0. The minimum atomic E-state index is -4.96. The Balaban J connectivity index is 5.25. The Labute approximate surface area is 556 Å². The number of carbonyl (C=O) groups excluding carboxylic acids is 4. The van der Waals surface area contributed by atoms with E-state index in [1.54, 1.807) is 0 Å². The van der Waals surface area contributed by atoms with Crippen LogP contribution in [0.3, 0.4) is 0 Å². The van der Waals surface area contributed by atoms with Gasteiger partial charge in [-0.25, -0.2) is 9.13 Å². The van der Waals surface area contributed by atoms with E-state index < -0.39 is 97.5 Å². The van der Waals surface area contributed by atoms with Crippen LogP contribution in [-0.2, 0) is 65.4 Å². The first-order chi connectivity index (χ1) is 43.7. The molecule has 0 aliphatic carbocycles. The van der Waals surface area contributed by atoms with Gasteiger partial charge in [0.2, 0.25) is 0 Å². The molecule has 0 aliphatic rings. The highest BCUT2D eigenvalue weighted by molar-refractivity contribution is 7.47. The number of phosphoric ester groups is 2. The third kappa shape index (κ3) is 63.9. The molecule has 7 atom stereocenters. The molecule has 0 rings (SSSR count). The van der Waals surface area contributed by atoms with Gasteiger partial charge in [-0.05, 0) is 49.4 Å². The minimum Gasteiger partial charge on any atom is -0.462 e. The van der Waals surface area contributed by atoms with Gasteiger partial charge < -0.3 is 33.8 Å². The quantitative estimate of drug-likeness (QED) is 0.0222. The van der Waals surface area contributed by atoms with Gasteiger partial charge in [0.25, 0.3) is 0 Å². The van der Waals surface area contributed by atoms with Gasteiger partial charge in [-0.15, -0.1) is 0 Å². The van der Waals surface area contributed by atoms with Crippen LogP contribution in [0.25, 0.3) is 0 Å². The zero-order valence-electron chi connectivity index (χ0n) is 59.5. The van der Waals surface area contributed by atoms with E-state index in [1.165, 1.54) is 154 Å². The molecule has 540 valence electrons. The summed E-state index contributed by atoms with van der Waals surface area (Å²) >= 11 is 0. The Morgan fingerprint density at radius 2 is 0.527 bits per heavy atom. The molecular weight excluding hydrogens is 1200 g/mol. The van der Waals surface area contributed by atoms with Crippen LogP contribution in [0.1, 0.15) is 357 Å². The number of hydrogen-bond acceptors (Lipinski definition) is 15. The molecule has 17 nitrogen and oxygen atoms in total. The fraction of sp³-hybridized carbons (Fsp3) is 0.944. The topological polar surface area (TPSA) is 237 Å². The first-order valence-electron chi connectivity index (χ1n) is 37.3. The average Bonchev–Trinajstić information content (AvgIpc) is 3.42. The van der Waals surface area contributed by atoms with Crippen LogP contribution in [0.2, 0.25) is 0 Å². The molecule has 0 heterocycles. The maximum atomic E-state index is 13.0. The average molecular weight is 1340 g/mol. The van der Waals surface area contributed by atoms with E-state index in [1.807, 2.05) is 0 Å². The van der Waals surface area contributed by atoms with Gasteiger partial charge in [0, 0.05) is 25.7 Å². The summed E-state index contributed by atoms with van der Waals surface area (Å²) in [6.07, 6.45) is 44.5. The SMILES string of the molecule is CCC(C)CCCCCCCCC(=O)OC[C@H](COP(=O)(O)OC[C@H](O)COP(=O)(O)OC[C@@H](COC(=O)CCCCCCCCCCCCCC(C)C)OC(=O)CCCCCCCCCCCCCCCCC(C)C)OC(=O)CCCCCCCCC(C)CC. The third-order valence-corrected chi connectivity index (χ3v) is 19.2. The Kier molecular flexibility index (Phi) is 60.3. The minimum absolute atomic E-state index is 0.102. The molecule has 0 spiro atoms. The highest BCUT2D eigenvalue weighted by Crippen LogP contribution is 2.45. The zero-order chi connectivity index (χ0) is 67.5. The predicted octanol–water partition coefficient (Wildman–Crippen LogP) is 20.5. The normalized spacial score (nSPS) is 14.8. The van der Waals surface area contributed by atoms with Gasteiger partial charge >= 0.3 is 39.5 Å². The number of hydrogen-bond donors (Lipinski definition) is 3. The number of rotatable bonds is 69. The molecule has 0 fully saturated rings. The summed E-state index contributed by atoms with van der Waals surface area (Å²) in [5.74, 6) is 0.887. The van der Waals surface area contributed by atoms with Crippen molar-refractivity contribution < 1.29 is 80.2 Å². The molecule has 0 aromatic rings. The summed E-state index contributed by atoms with van der Waals surface area (Å²) in [7, 11) is -9.91. The molecule has 0 bridgehead atoms. The van der Waals surface area contributed by atoms with E-state index in [0.29, 0.717) is 25.7 Å². The van der Waals surface area contributed by atoms with E-state index in [2.05, 4.69) is 55.4 Å². The van der Waals surface area contributed by atoms with Crippen molar-refractivity contribution in [3.63, 3.8) is 0 Å². The summed E-state index contributed by atoms with van der Waals surface area (Å²) < 4.78 is 68.3. The number of ether oxygens (including phenoxy) is 4. The van der Waals surface area contributed by atoms with E-state index in [4.69, 9.17) is 37.0 Å². The molecule has 0 aromatic carbocycles. The van der Waals surface area contributed by atoms with E-state index in [9.17, 15) is 43.2 Å². The maximum absolute atomic E-state index is 13.0. The van der Waals surface area contributed by atoms with Crippen LogP contribution in [0.15, 0.2) is 0 Å². The maximum Gasteiger partial charge on any atom is 0.472 e. The van der Waals surface area contributed by atoms with E-state index in [-0.39, 0.29) is 25.7 Å². The number of esters is 4. The summed E-state index contributed by atoms with van der Waals surface area (Å²) in [5, 5.41) is 10.6. The zero-order valence-corrected chi connectivity index (χ0v) is 61.3. The molecule has 0 radical (unpaired) electrons. The summed E-state index contributed by atoms with van der Waals surface area (Å²) in [4.78, 5) is 72.6. The predicted molar refractivity (Wildman–Crippen MR) is 367 cm³/mol.